The van der Waals surface area contributed by atoms with E-state index < -0.39 is 6.09 Å². The van der Waals surface area contributed by atoms with Crippen molar-refractivity contribution < 1.29 is 28.7 Å². The number of carbonyl (C=O) groups is 4. The van der Waals surface area contributed by atoms with Crippen LogP contribution in [0.15, 0.2) is 18.2 Å². The molecule has 10 heteroatoms. The molecule has 0 spiro atoms. The van der Waals surface area contributed by atoms with Crippen LogP contribution in [0.2, 0.25) is 0 Å². The Morgan fingerprint density at radius 1 is 0.854 bits per heavy atom. The smallest absolute Gasteiger partial charge is 0.415 e. The van der Waals surface area contributed by atoms with E-state index in [0.29, 0.717) is 55.3 Å². The molecular formula is C31H51N3O6S. The van der Waals surface area contributed by atoms with E-state index in [1.165, 1.54) is 4.90 Å². The molecule has 0 unspecified atom stereocenters. The molecule has 1 aromatic carbocycles. The number of esters is 1. The van der Waals surface area contributed by atoms with Crippen LogP contribution in [-0.4, -0.2) is 85.0 Å². The third-order valence-electron chi connectivity index (χ3n) is 6.79. The molecule has 0 saturated carbocycles. The largest absolute Gasteiger partial charge is 0.461 e. The van der Waals surface area contributed by atoms with Gasteiger partial charge in [-0.2, -0.15) is 12.6 Å². The molecule has 0 atom stereocenters. The molecule has 0 heterocycles. The third kappa shape index (κ3) is 16.4. The summed E-state index contributed by atoms with van der Waals surface area (Å²) >= 11 is 4.10. The van der Waals surface area contributed by atoms with Gasteiger partial charge < -0.3 is 24.2 Å². The molecule has 41 heavy (non-hydrogen) atoms. The second kappa shape index (κ2) is 21.2. The number of hydrogen-bond donors (Lipinski definition) is 1. The molecule has 0 aliphatic carbocycles. The fraction of sp³-hybridized carbons (Fsp3) is 0.677. The van der Waals surface area contributed by atoms with E-state index in [0.717, 1.165) is 50.5 Å². The molecule has 0 radical (unpaired) electrons. The van der Waals surface area contributed by atoms with Crippen LogP contribution < -0.4 is 4.74 Å². The number of hydrogen-bond acceptors (Lipinski definition) is 8. The van der Waals surface area contributed by atoms with E-state index in [1.54, 1.807) is 37.9 Å². The van der Waals surface area contributed by atoms with Crippen LogP contribution >= 0.6 is 12.6 Å². The number of benzene rings is 1. The maximum absolute atomic E-state index is 12.8. The summed E-state index contributed by atoms with van der Waals surface area (Å²) in [5, 5.41) is 0. The second-order valence-corrected chi connectivity index (χ2v) is 11.2. The van der Waals surface area contributed by atoms with Gasteiger partial charge in [0, 0.05) is 65.0 Å². The summed E-state index contributed by atoms with van der Waals surface area (Å²) in [6, 6.07) is 5.30. The minimum Gasteiger partial charge on any atom is -0.461 e. The van der Waals surface area contributed by atoms with Crippen LogP contribution in [0.3, 0.4) is 0 Å². The standard InChI is InChI=1S/C31H51N3O6S/c1-6-30(37)39-24-26-15-16-29(40-31(38)33(5)20-19-32(3)4)27(22-26)23-34(25(2)35)18-13-11-9-7-8-10-12-14-28(36)17-21-41/h15-16,22,41H,6-14,17-21,23-24H2,1-5H3. The molecule has 0 bridgehead atoms. The van der Waals surface area contributed by atoms with Gasteiger partial charge in [-0.15, -0.1) is 0 Å². The normalized spacial score (nSPS) is 10.9. The van der Waals surface area contributed by atoms with E-state index in [2.05, 4.69) is 12.6 Å². The monoisotopic (exact) mass is 593 g/mol. The Bertz CT molecular complexity index is 956. The Morgan fingerprint density at radius 3 is 2.12 bits per heavy atom. The van der Waals surface area contributed by atoms with Crippen LogP contribution in [0.25, 0.3) is 0 Å². The Morgan fingerprint density at radius 2 is 1.51 bits per heavy atom. The molecule has 1 aromatic rings. The van der Waals surface area contributed by atoms with E-state index in [9.17, 15) is 19.2 Å². The number of amides is 2. The van der Waals surface area contributed by atoms with Gasteiger partial charge in [0.05, 0.1) is 0 Å². The highest BCUT2D eigenvalue weighted by atomic mass is 32.1. The summed E-state index contributed by atoms with van der Waals surface area (Å²) in [6.45, 7) is 5.49. The highest BCUT2D eigenvalue weighted by molar-refractivity contribution is 7.80. The topological polar surface area (TPSA) is 96.5 Å². The summed E-state index contributed by atoms with van der Waals surface area (Å²) in [6.07, 6.45) is 8.21. The number of thiol groups is 1. The Hall–Kier alpha value is -2.59. The number of unbranched alkanes of at least 4 members (excludes halogenated alkanes) is 6. The summed E-state index contributed by atoms with van der Waals surface area (Å²) in [5.74, 6) is 0.954. The molecule has 1 rings (SSSR count). The van der Waals surface area contributed by atoms with Crippen molar-refractivity contribution in [1.82, 2.24) is 14.7 Å². The number of nitrogens with zero attached hydrogens (tertiary/aromatic N) is 3. The number of ketones is 1. The van der Waals surface area contributed by atoms with Crippen LogP contribution in [0.4, 0.5) is 4.79 Å². The average molecular weight is 594 g/mol. The summed E-state index contributed by atoms with van der Waals surface area (Å²) in [5.41, 5.74) is 1.45. The molecule has 0 aromatic heterocycles. The summed E-state index contributed by atoms with van der Waals surface area (Å²) in [7, 11) is 5.57. The molecule has 0 aliphatic rings. The minimum atomic E-state index is -0.473. The van der Waals surface area contributed by atoms with Gasteiger partial charge in [-0.3, -0.25) is 14.4 Å². The van der Waals surface area contributed by atoms with Crippen LogP contribution in [-0.2, 0) is 32.3 Å². The number of carbonyl (C=O) groups excluding carboxylic acids is 4. The van der Waals surface area contributed by atoms with Crippen molar-refractivity contribution in [2.75, 3.05) is 46.5 Å². The first-order valence-electron chi connectivity index (χ1n) is 14.8. The van der Waals surface area contributed by atoms with Crippen LogP contribution in [0.1, 0.15) is 89.2 Å². The maximum atomic E-state index is 12.8. The molecule has 232 valence electrons. The van der Waals surface area contributed by atoms with Crippen molar-refractivity contribution in [3.63, 3.8) is 0 Å². The first-order chi connectivity index (χ1) is 19.6. The first kappa shape index (κ1) is 36.4. The lowest BCUT2D eigenvalue weighted by atomic mass is 10.1. The molecule has 0 saturated heterocycles. The van der Waals surface area contributed by atoms with Gasteiger partial charge in [0.25, 0.3) is 0 Å². The molecule has 9 nitrogen and oxygen atoms in total. The lowest BCUT2D eigenvalue weighted by Crippen LogP contribution is -2.35. The van der Waals surface area contributed by atoms with Gasteiger partial charge >= 0.3 is 12.1 Å². The molecular weight excluding hydrogens is 542 g/mol. The van der Waals surface area contributed by atoms with Crippen molar-refractivity contribution in [3.8, 4) is 5.75 Å². The van der Waals surface area contributed by atoms with Crippen molar-refractivity contribution in [3.05, 3.63) is 29.3 Å². The van der Waals surface area contributed by atoms with Crippen molar-refractivity contribution in [2.24, 2.45) is 0 Å². The lowest BCUT2D eigenvalue weighted by molar-refractivity contribution is -0.144. The Labute approximate surface area is 252 Å². The number of rotatable bonds is 21. The quantitative estimate of drug-likeness (QED) is 0.114. The third-order valence-corrected chi connectivity index (χ3v) is 7.01. The maximum Gasteiger partial charge on any atom is 0.415 e. The van der Waals surface area contributed by atoms with Gasteiger partial charge in [-0.1, -0.05) is 45.1 Å². The van der Waals surface area contributed by atoms with Gasteiger partial charge in [-0.05, 0) is 50.4 Å². The number of Topliss-reactive ketones (excluding diaryl/α,β-unsaturated/α-hetero) is 1. The zero-order valence-electron chi connectivity index (χ0n) is 25.8. The first-order valence-corrected chi connectivity index (χ1v) is 15.4. The van der Waals surface area contributed by atoms with E-state index >= 15 is 0 Å². The van der Waals surface area contributed by atoms with E-state index in [-0.39, 0.29) is 31.4 Å². The van der Waals surface area contributed by atoms with Crippen molar-refractivity contribution >= 4 is 36.4 Å². The number of likely N-dealkylation sites (N-methyl/N-ethyl adjacent to an activating group) is 2. The number of ether oxygens (including phenoxy) is 2. The summed E-state index contributed by atoms with van der Waals surface area (Å²) < 4.78 is 11.0. The Balaban J connectivity index is 2.75. The summed E-state index contributed by atoms with van der Waals surface area (Å²) in [4.78, 5) is 53.8. The predicted octanol–water partition coefficient (Wildman–Crippen LogP) is 5.49. The SMILES string of the molecule is CCC(=O)OCc1ccc(OC(=O)N(C)CCN(C)C)c(CN(CCCCCCCCCC(=O)CCS)C(C)=O)c1. The van der Waals surface area contributed by atoms with Crippen LogP contribution in [0, 0.1) is 0 Å². The Kier molecular flexibility index (Phi) is 18.8. The molecule has 0 aliphatic heterocycles. The fourth-order valence-electron chi connectivity index (χ4n) is 4.14. The predicted molar refractivity (Wildman–Crippen MR) is 165 cm³/mol. The minimum absolute atomic E-state index is 0.0564. The van der Waals surface area contributed by atoms with Crippen molar-refractivity contribution in [2.45, 2.75) is 91.2 Å². The van der Waals surface area contributed by atoms with Gasteiger partial charge in [0.15, 0.2) is 0 Å². The molecule has 0 fully saturated rings. The van der Waals surface area contributed by atoms with Gasteiger partial charge in [0.2, 0.25) is 5.91 Å². The highest BCUT2D eigenvalue weighted by Crippen LogP contribution is 2.24. The fourth-order valence-corrected chi connectivity index (χ4v) is 4.39. The average Bonchev–Trinajstić information content (AvgIpc) is 2.93. The van der Waals surface area contributed by atoms with Gasteiger partial charge in [-0.25, -0.2) is 4.79 Å². The molecule has 0 N–H and O–H groups in total. The van der Waals surface area contributed by atoms with Gasteiger partial charge in [0.1, 0.15) is 18.1 Å². The second-order valence-electron chi connectivity index (χ2n) is 10.7. The van der Waals surface area contributed by atoms with Crippen LogP contribution in [0.5, 0.6) is 5.75 Å². The highest BCUT2D eigenvalue weighted by Gasteiger charge is 2.18. The van der Waals surface area contributed by atoms with E-state index in [1.807, 2.05) is 25.1 Å². The zero-order chi connectivity index (χ0) is 30.6. The van der Waals surface area contributed by atoms with Crippen molar-refractivity contribution in [1.29, 1.82) is 0 Å². The molecule has 2 amide bonds. The van der Waals surface area contributed by atoms with E-state index in [4.69, 9.17) is 9.47 Å². The lowest BCUT2D eigenvalue weighted by Gasteiger charge is -2.24. The zero-order valence-corrected chi connectivity index (χ0v) is 26.7.